The number of nitrogens with two attached hydrogens (primary N) is 1. The Kier molecular flexibility index (Phi) is 7.51. The van der Waals surface area contributed by atoms with Crippen LogP contribution in [0, 0.1) is 0 Å². The molecule has 2 atom stereocenters. The molecular weight excluding hydrogens is 498 g/mol. The van der Waals surface area contributed by atoms with Crippen molar-refractivity contribution in [3.05, 3.63) is 17.3 Å². The van der Waals surface area contributed by atoms with Crippen LogP contribution in [0.4, 0.5) is 14.7 Å². The molecule has 182 valence electrons. The van der Waals surface area contributed by atoms with Crippen molar-refractivity contribution in [2.75, 3.05) is 25.1 Å². The fourth-order valence-electron chi connectivity index (χ4n) is 2.76. The van der Waals surface area contributed by atoms with E-state index in [1.807, 2.05) is 0 Å². The Hall–Kier alpha value is -3.93. The first-order valence-corrected chi connectivity index (χ1v) is 11.0. The van der Waals surface area contributed by atoms with Crippen molar-refractivity contribution in [1.82, 2.24) is 24.9 Å². The van der Waals surface area contributed by atoms with Crippen molar-refractivity contribution < 1.29 is 43.4 Å². The topological polar surface area (TPSA) is 225 Å². The van der Waals surface area contributed by atoms with Gasteiger partial charge in [-0.2, -0.15) is 9.36 Å². The first kappa shape index (κ1) is 24.7. The fraction of sp³-hybridized carbons (Fsp3) is 0.375. The van der Waals surface area contributed by atoms with Crippen LogP contribution in [-0.4, -0.2) is 85.9 Å². The molecule has 2 aliphatic rings. The van der Waals surface area contributed by atoms with Crippen molar-refractivity contribution >= 4 is 64.2 Å². The number of oxime groups is 1. The first-order chi connectivity index (χ1) is 16.1. The Labute approximate surface area is 198 Å². The maximum absolute atomic E-state index is 12.8. The summed E-state index contributed by atoms with van der Waals surface area (Å²) in [4.78, 5) is 68.6. The largest absolute Gasteiger partial charge is 0.512 e. The van der Waals surface area contributed by atoms with Crippen LogP contribution in [0.5, 0.6) is 0 Å². The summed E-state index contributed by atoms with van der Waals surface area (Å²) < 4.78 is 13.5. The van der Waals surface area contributed by atoms with Crippen molar-refractivity contribution in [1.29, 1.82) is 0 Å². The number of hydrogen-bond donors (Lipinski definition) is 4. The zero-order valence-corrected chi connectivity index (χ0v) is 19.1. The second-order valence-electron chi connectivity index (χ2n) is 6.44. The van der Waals surface area contributed by atoms with Crippen molar-refractivity contribution in [2.45, 2.75) is 18.3 Å². The van der Waals surface area contributed by atoms with Gasteiger partial charge in [0, 0.05) is 36.8 Å². The third kappa shape index (κ3) is 5.34. The predicted molar refractivity (Wildman–Crippen MR) is 114 cm³/mol. The van der Waals surface area contributed by atoms with Crippen LogP contribution in [0.1, 0.15) is 12.7 Å². The van der Waals surface area contributed by atoms with Crippen LogP contribution >= 0.6 is 23.3 Å². The molecule has 0 unspecified atom stereocenters. The first-order valence-electron chi connectivity index (χ1n) is 9.20. The summed E-state index contributed by atoms with van der Waals surface area (Å²) in [5.41, 5.74) is 5.28. The SMILES string of the molecule is CNC(=O)O/N=C(\C(=O)N[C@@H]1C(=O)N2C(OC(=O)O)=C(COC(C)=O)CS[C@@H]12)c1nsc(N)n1. The molecule has 16 nitrogen and oxygen atoms in total. The summed E-state index contributed by atoms with van der Waals surface area (Å²) in [5.74, 6) is -2.62. The van der Waals surface area contributed by atoms with Gasteiger partial charge in [0.15, 0.2) is 5.13 Å². The minimum Gasteiger partial charge on any atom is -0.461 e. The van der Waals surface area contributed by atoms with Crippen molar-refractivity contribution in [3.63, 3.8) is 0 Å². The summed E-state index contributed by atoms with van der Waals surface area (Å²) >= 11 is 1.94. The number of nitrogens with zero attached hydrogens (tertiary/aromatic N) is 4. The maximum atomic E-state index is 12.8. The van der Waals surface area contributed by atoms with Gasteiger partial charge in [-0.15, -0.1) is 11.8 Å². The highest BCUT2D eigenvalue weighted by molar-refractivity contribution is 8.00. The number of aromatic nitrogens is 2. The number of esters is 1. The summed E-state index contributed by atoms with van der Waals surface area (Å²) in [5, 5.41) is 16.4. The number of β-lactam (4-membered cyclic amide) rings is 1. The Morgan fingerprint density at radius 1 is 1.35 bits per heavy atom. The third-order valence-corrected chi connectivity index (χ3v) is 6.09. The third-order valence-electron chi connectivity index (χ3n) is 4.21. The number of nitrogen functional groups attached to an aromatic ring is 1. The standard InChI is InChI=1S/C16H17N7O9S2/c1-5(24)30-3-6-4-33-13-8(11(26)23(13)12(6)31-16(28)29)19-10(25)7(21-32-15(27)18-2)9-20-14(17)34-22-9/h8,13H,3-4H2,1-2H3,(H,18,27)(H,19,25)(H,28,29)(H2,17,20,22)/b21-7-/t8-,13+/m1/s1. The lowest BCUT2D eigenvalue weighted by Crippen LogP contribution is -2.70. The molecule has 0 spiro atoms. The van der Waals surface area contributed by atoms with E-state index >= 15 is 0 Å². The number of thioether (sulfide) groups is 1. The Morgan fingerprint density at radius 3 is 2.68 bits per heavy atom. The molecule has 0 aliphatic carbocycles. The van der Waals surface area contributed by atoms with E-state index in [9.17, 15) is 24.0 Å². The molecule has 1 aromatic heterocycles. The van der Waals surface area contributed by atoms with E-state index in [0.29, 0.717) is 0 Å². The van der Waals surface area contributed by atoms with E-state index in [0.717, 1.165) is 16.4 Å². The summed E-state index contributed by atoms with van der Waals surface area (Å²) in [6, 6.07) is -1.11. The van der Waals surface area contributed by atoms with Gasteiger partial charge in [-0.1, -0.05) is 5.16 Å². The number of hydrogen-bond acceptors (Lipinski definition) is 14. The van der Waals surface area contributed by atoms with Gasteiger partial charge in [-0.25, -0.2) is 9.59 Å². The molecule has 1 fully saturated rings. The Bertz CT molecular complexity index is 1100. The molecule has 3 amide bonds. The van der Waals surface area contributed by atoms with Crippen LogP contribution in [0.2, 0.25) is 0 Å². The quantitative estimate of drug-likeness (QED) is 0.113. The monoisotopic (exact) mass is 515 g/mol. The van der Waals surface area contributed by atoms with Crippen LogP contribution in [0.15, 0.2) is 16.6 Å². The Morgan fingerprint density at radius 2 is 2.09 bits per heavy atom. The number of fused-ring (bicyclic) bond motifs is 1. The van der Waals surface area contributed by atoms with E-state index in [4.69, 9.17) is 20.3 Å². The van der Waals surface area contributed by atoms with E-state index in [2.05, 4.69) is 30.0 Å². The van der Waals surface area contributed by atoms with Crippen LogP contribution in [0.3, 0.4) is 0 Å². The molecule has 3 rings (SSSR count). The minimum absolute atomic E-state index is 0.0186. The number of carboxylic acid groups (broad SMARTS) is 1. The normalized spacial score (nSPS) is 19.5. The van der Waals surface area contributed by atoms with E-state index in [-0.39, 0.29) is 34.8 Å². The highest BCUT2D eigenvalue weighted by atomic mass is 32.2. The van der Waals surface area contributed by atoms with Crippen LogP contribution < -0.4 is 16.4 Å². The summed E-state index contributed by atoms with van der Waals surface area (Å²) in [6.07, 6.45) is -2.64. The number of amides is 3. The van der Waals surface area contributed by atoms with Gasteiger partial charge >= 0.3 is 18.2 Å². The lowest BCUT2D eigenvalue weighted by molar-refractivity contribution is -0.148. The molecule has 0 radical (unpaired) electrons. The summed E-state index contributed by atoms with van der Waals surface area (Å²) in [7, 11) is 1.28. The fourth-order valence-corrected chi connectivity index (χ4v) is 4.49. The highest BCUT2D eigenvalue weighted by Gasteiger charge is 2.54. The molecule has 3 heterocycles. The van der Waals surface area contributed by atoms with E-state index in [1.54, 1.807) is 0 Å². The molecule has 0 aromatic carbocycles. The molecular formula is C16H17N7O9S2. The predicted octanol–water partition coefficient (Wildman–Crippen LogP) is -0.950. The molecule has 2 aliphatic heterocycles. The van der Waals surface area contributed by atoms with Gasteiger partial charge in [0.1, 0.15) is 18.0 Å². The maximum Gasteiger partial charge on any atom is 0.512 e. The number of nitrogens with one attached hydrogen (secondary N) is 2. The van der Waals surface area contributed by atoms with Crippen LogP contribution in [-0.2, 0) is 28.7 Å². The van der Waals surface area contributed by atoms with E-state index in [1.165, 1.54) is 25.7 Å². The van der Waals surface area contributed by atoms with Gasteiger partial charge < -0.3 is 30.9 Å². The minimum atomic E-state index is -1.67. The van der Waals surface area contributed by atoms with Gasteiger partial charge in [0.05, 0.1) is 0 Å². The van der Waals surface area contributed by atoms with Gasteiger partial charge in [-0.05, 0) is 0 Å². The lowest BCUT2D eigenvalue weighted by atomic mass is 10.1. The van der Waals surface area contributed by atoms with Gasteiger partial charge in [0.2, 0.25) is 17.4 Å². The zero-order chi connectivity index (χ0) is 25.0. The zero-order valence-electron chi connectivity index (χ0n) is 17.5. The number of carbonyl (C=O) groups excluding carboxylic acids is 4. The molecule has 18 heteroatoms. The lowest BCUT2D eigenvalue weighted by Gasteiger charge is -2.49. The van der Waals surface area contributed by atoms with Gasteiger partial charge in [-0.3, -0.25) is 24.1 Å². The highest BCUT2D eigenvalue weighted by Crippen LogP contribution is 2.40. The summed E-state index contributed by atoms with van der Waals surface area (Å²) in [6.45, 7) is 0.901. The molecule has 1 aromatic rings. The number of anilines is 1. The number of ether oxygens (including phenoxy) is 2. The van der Waals surface area contributed by atoms with E-state index < -0.39 is 47.2 Å². The molecule has 5 N–H and O–H groups in total. The number of rotatable bonds is 7. The molecule has 0 bridgehead atoms. The van der Waals surface area contributed by atoms with Crippen molar-refractivity contribution in [3.8, 4) is 0 Å². The molecule has 0 saturated carbocycles. The van der Waals surface area contributed by atoms with Crippen molar-refractivity contribution in [2.24, 2.45) is 5.16 Å². The molecule has 1 saturated heterocycles. The van der Waals surface area contributed by atoms with Crippen LogP contribution in [0.25, 0.3) is 0 Å². The second kappa shape index (κ2) is 10.3. The average molecular weight is 515 g/mol. The Balaban J connectivity index is 1.79. The number of carbonyl (C=O) groups is 5. The second-order valence-corrected chi connectivity index (χ2v) is 8.33. The van der Waals surface area contributed by atoms with Gasteiger partial charge in [0.25, 0.3) is 11.8 Å². The molecule has 34 heavy (non-hydrogen) atoms. The smallest absolute Gasteiger partial charge is 0.461 e. The average Bonchev–Trinajstić information content (AvgIpc) is 3.21.